The molecule has 124 valence electrons. The molecule has 6 nitrogen and oxygen atoms in total. The molecule has 3 N–H and O–H groups in total. The predicted molar refractivity (Wildman–Crippen MR) is 85.8 cm³/mol. The second-order valence-corrected chi connectivity index (χ2v) is 6.45. The van der Waals surface area contributed by atoms with Crippen molar-refractivity contribution in [3.05, 3.63) is 17.0 Å². The first kappa shape index (κ1) is 16.8. The summed E-state index contributed by atoms with van der Waals surface area (Å²) in [6, 6.07) is -0.303. The van der Waals surface area contributed by atoms with Crippen molar-refractivity contribution >= 4 is 6.03 Å². The zero-order valence-electron chi connectivity index (χ0n) is 14.0. The van der Waals surface area contributed by atoms with Crippen LogP contribution in [0.1, 0.15) is 49.6 Å². The molecule has 1 fully saturated rings. The molecule has 6 heteroatoms. The van der Waals surface area contributed by atoms with E-state index in [2.05, 4.69) is 15.7 Å². The standard InChI is InChI=1S/C16H28N4O2/c1-10(9-13-11(2)19-20(4)12(13)3)17-16(22)18-14-7-5-6-8-15(14)21/h10,14-15,21H,5-9H2,1-4H3,(H2,17,18,22)/t10-,14+,15+/m0/s1. The Morgan fingerprint density at radius 2 is 2.09 bits per heavy atom. The number of nitrogens with one attached hydrogen (secondary N) is 2. The minimum absolute atomic E-state index is 0.0160. The van der Waals surface area contributed by atoms with Gasteiger partial charge < -0.3 is 15.7 Å². The number of amides is 2. The van der Waals surface area contributed by atoms with E-state index in [1.165, 1.54) is 5.56 Å². The molecular weight excluding hydrogens is 280 g/mol. The van der Waals surface area contributed by atoms with Crippen LogP contribution in [-0.4, -0.2) is 39.1 Å². The topological polar surface area (TPSA) is 79.2 Å². The Labute approximate surface area is 132 Å². The molecule has 1 heterocycles. The number of aliphatic hydroxyl groups is 1. The normalized spacial score (nSPS) is 23.1. The highest BCUT2D eigenvalue weighted by Gasteiger charge is 2.25. The maximum Gasteiger partial charge on any atom is 0.315 e. The van der Waals surface area contributed by atoms with Crippen LogP contribution in [0.5, 0.6) is 0 Å². The van der Waals surface area contributed by atoms with Crippen LogP contribution in [0.2, 0.25) is 0 Å². The van der Waals surface area contributed by atoms with Crippen LogP contribution >= 0.6 is 0 Å². The molecule has 1 aromatic heterocycles. The average Bonchev–Trinajstić information content (AvgIpc) is 2.68. The van der Waals surface area contributed by atoms with Crippen molar-refractivity contribution in [2.45, 2.75) is 71.1 Å². The van der Waals surface area contributed by atoms with Crippen molar-refractivity contribution in [2.75, 3.05) is 0 Å². The third kappa shape index (κ3) is 4.00. The summed E-state index contributed by atoms with van der Waals surface area (Å²) in [5, 5.41) is 20.2. The molecular formula is C16H28N4O2. The van der Waals surface area contributed by atoms with Gasteiger partial charge in [-0.3, -0.25) is 4.68 Å². The van der Waals surface area contributed by atoms with Gasteiger partial charge in [-0.15, -0.1) is 0 Å². The number of aromatic nitrogens is 2. The monoisotopic (exact) mass is 308 g/mol. The molecule has 22 heavy (non-hydrogen) atoms. The molecule has 0 bridgehead atoms. The van der Waals surface area contributed by atoms with E-state index in [1.54, 1.807) is 0 Å². The van der Waals surface area contributed by atoms with Crippen LogP contribution in [0, 0.1) is 13.8 Å². The fourth-order valence-corrected chi connectivity index (χ4v) is 3.18. The molecule has 1 aliphatic rings. The van der Waals surface area contributed by atoms with Gasteiger partial charge in [0.15, 0.2) is 0 Å². The van der Waals surface area contributed by atoms with Gasteiger partial charge in [-0.05, 0) is 45.6 Å². The zero-order valence-corrected chi connectivity index (χ0v) is 14.0. The summed E-state index contributed by atoms with van der Waals surface area (Å²) in [7, 11) is 1.93. The number of carbonyl (C=O) groups is 1. The summed E-state index contributed by atoms with van der Waals surface area (Å²) in [5.41, 5.74) is 3.33. The molecule has 2 amide bonds. The Hall–Kier alpha value is -1.56. The van der Waals surface area contributed by atoms with E-state index in [9.17, 15) is 9.90 Å². The van der Waals surface area contributed by atoms with E-state index in [1.807, 2.05) is 32.5 Å². The number of aliphatic hydroxyl groups excluding tert-OH is 1. The average molecular weight is 308 g/mol. The Morgan fingerprint density at radius 1 is 1.41 bits per heavy atom. The van der Waals surface area contributed by atoms with Gasteiger partial charge >= 0.3 is 6.03 Å². The summed E-state index contributed by atoms with van der Waals surface area (Å²) in [5.74, 6) is 0. The van der Waals surface area contributed by atoms with Gasteiger partial charge in [0.25, 0.3) is 0 Å². The van der Waals surface area contributed by atoms with E-state index < -0.39 is 6.10 Å². The Kier molecular flexibility index (Phi) is 5.45. The number of nitrogens with zero attached hydrogens (tertiary/aromatic N) is 2. The van der Waals surface area contributed by atoms with Crippen LogP contribution in [0.3, 0.4) is 0 Å². The van der Waals surface area contributed by atoms with E-state index in [4.69, 9.17) is 0 Å². The zero-order chi connectivity index (χ0) is 16.3. The van der Waals surface area contributed by atoms with Gasteiger partial charge in [0, 0.05) is 18.8 Å². The van der Waals surface area contributed by atoms with Gasteiger partial charge in [-0.1, -0.05) is 12.8 Å². The fraction of sp³-hybridized carbons (Fsp3) is 0.750. The lowest BCUT2D eigenvalue weighted by Gasteiger charge is -2.29. The van der Waals surface area contributed by atoms with Gasteiger partial charge in [0.1, 0.15) is 0 Å². The second kappa shape index (κ2) is 7.13. The van der Waals surface area contributed by atoms with Crippen molar-refractivity contribution in [3.63, 3.8) is 0 Å². The summed E-state index contributed by atoms with van der Waals surface area (Å²) in [6.45, 7) is 6.02. The molecule has 0 radical (unpaired) electrons. The molecule has 3 atom stereocenters. The molecule has 0 spiro atoms. The van der Waals surface area contributed by atoms with Gasteiger partial charge in [0.05, 0.1) is 17.8 Å². The fourth-order valence-electron chi connectivity index (χ4n) is 3.18. The maximum absolute atomic E-state index is 12.1. The van der Waals surface area contributed by atoms with E-state index in [-0.39, 0.29) is 18.1 Å². The largest absolute Gasteiger partial charge is 0.391 e. The third-order valence-electron chi connectivity index (χ3n) is 4.59. The lowest BCUT2D eigenvalue weighted by Crippen LogP contribution is -2.51. The number of aryl methyl sites for hydroxylation is 2. The summed E-state index contributed by atoms with van der Waals surface area (Å²) in [4.78, 5) is 12.1. The highest BCUT2D eigenvalue weighted by molar-refractivity contribution is 5.74. The minimum Gasteiger partial charge on any atom is -0.391 e. The number of carbonyl (C=O) groups excluding carboxylic acids is 1. The first-order chi connectivity index (χ1) is 10.4. The SMILES string of the molecule is Cc1nn(C)c(C)c1C[C@H](C)NC(=O)N[C@@H]1CCCC[C@H]1O. The molecule has 1 aliphatic carbocycles. The van der Waals surface area contributed by atoms with Crippen molar-refractivity contribution in [3.8, 4) is 0 Å². The Bertz CT molecular complexity index is 526. The molecule has 1 aromatic rings. The van der Waals surface area contributed by atoms with Crippen LogP contribution < -0.4 is 10.6 Å². The second-order valence-electron chi connectivity index (χ2n) is 6.45. The lowest BCUT2D eigenvalue weighted by molar-refractivity contribution is 0.0941. The minimum atomic E-state index is -0.419. The van der Waals surface area contributed by atoms with Crippen molar-refractivity contribution in [1.29, 1.82) is 0 Å². The number of hydrogen-bond acceptors (Lipinski definition) is 3. The highest BCUT2D eigenvalue weighted by Crippen LogP contribution is 2.18. The molecule has 1 saturated carbocycles. The van der Waals surface area contributed by atoms with Gasteiger partial charge in [-0.2, -0.15) is 5.10 Å². The van der Waals surface area contributed by atoms with Crippen LogP contribution in [0.25, 0.3) is 0 Å². The first-order valence-corrected chi connectivity index (χ1v) is 8.12. The third-order valence-corrected chi connectivity index (χ3v) is 4.59. The molecule has 0 aromatic carbocycles. The van der Waals surface area contributed by atoms with Crippen molar-refractivity contribution in [2.24, 2.45) is 7.05 Å². The maximum atomic E-state index is 12.1. The van der Waals surface area contributed by atoms with Crippen LogP contribution in [0.4, 0.5) is 4.79 Å². The highest BCUT2D eigenvalue weighted by atomic mass is 16.3. The predicted octanol–water partition coefficient (Wildman–Crippen LogP) is 1.57. The van der Waals surface area contributed by atoms with E-state index in [0.717, 1.165) is 43.5 Å². The van der Waals surface area contributed by atoms with Crippen LogP contribution in [-0.2, 0) is 13.5 Å². The Morgan fingerprint density at radius 3 is 2.68 bits per heavy atom. The smallest absolute Gasteiger partial charge is 0.315 e. The first-order valence-electron chi connectivity index (χ1n) is 8.12. The van der Waals surface area contributed by atoms with Crippen molar-refractivity contribution < 1.29 is 9.90 Å². The number of urea groups is 1. The summed E-state index contributed by atoms with van der Waals surface area (Å²) >= 11 is 0. The molecule has 2 rings (SSSR count). The lowest BCUT2D eigenvalue weighted by atomic mass is 9.93. The number of hydrogen-bond donors (Lipinski definition) is 3. The van der Waals surface area contributed by atoms with Crippen molar-refractivity contribution in [1.82, 2.24) is 20.4 Å². The molecule has 0 aliphatic heterocycles. The van der Waals surface area contributed by atoms with Gasteiger partial charge in [-0.25, -0.2) is 4.79 Å². The van der Waals surface area contributed by atoms with Crippen LogP contribution in [0.15, 0.2) is 0 Å². The van der Waals surface area contributed by atoms with Gasteiger partial charge in [0.2, 0.25) is 0 Å². The molecule has 0 saturated heterocycles. The molecule has 0 unspecified atom stereocenters. The van der Waals surface area contributed by atoms with E-state index >= 15 is 0 Å². The van der Waals surface area contributed by atoms with E-state index in [0.29, 0.717) is 0 Å². The quantitative estimate of drug-likeness (QED) is 0.790. The Balaban J connectivity index is 1.86. The number of rotatable bonds is 4. The summed E-state index contributed by atoms with van der Waals surface area (Å²) < 4.78 is 1.87. The summed E-state index contributed by atoms with van der Waals surface area (Å²) in [6.07, 6.45) is 4.06.